The number of aromatic nitrogens is 4. The van der Waals surface area contributed by atoms with Gasteiger partial charge >= 0.3 is 6.01 Å². The number of nitrogens with zero attached hydrogens (tertiary/aromatic N) is 4. The molecular weight excluding hydrogens is 392 g/mol. The average Bonchev–Trinajstić information content (AvgIpc) is 3.42. The van der Waals surface area contributed by atoms with E-state index < -0.39 is 0 Å². The summed E-state index contributed by atoms with van der Waals surface area (Å²) in [5.41, 5.74) is 3.33. The van der Waals surface area contributed by atoms with E-state index in [4.69, 9.17) is 13.9 Å². The van der Waals surface area contributed by atoms with E-state index in [0.29, 0.717) is 37.1 Å². The van der Waals surface area contributed by atoms with Gasteiger partial charge in [-0.05, 0) is 41.4 Å². The van der Waals surface area contributed by atoms with E-state index in [1.54, 1.807) is 12.4 Å². The fraction of sp³-hybridized carbons (Fsp3) is 0.158. The fourth-order valence-electron chi connectivity index (χ4n) is 2.83. The van der Waals surface area contributed by atoms with Crippen LogP contribution in [-0.4, -0.2) is 32.8 Å². The van der Waals surface area contributed by atoms with Crippen molar-refractivity contribution in [2.45, 2.75) is 6.54 Å². The summed E-state index contributed by atoms with van der Waals surface area (Å²) in [4.78, 5) is 4.02. The summed E-state index contributed by atoms with van der Waals surface area (Å²) >= 11 is 1.32. The Morgan fingerprint density at radius 2 is 1.86 bits per heavy atom. The molecule has 29 heavy (non-hydrogen) atoms. The second-order valence-electron chi connectivity index (χ2n) is 6.18. The second-order valence-corrected chi connectivity index (χ2v) is 6.81. The minimum Gasteiger partial charge on any atom is -0.486 e. The van der Waals surface area contributed by atoms with E-state index in [1.165, 1.54) is 11.5 Å². The first-order valence-electron chi connectivity index (χ1n) is 8.93. The van der Waals surface area contributed by atoms with Crippen LogP contribution in [0.3, 0.4) is 0 Å². The van der Waals surface area contributed by atoms with E-state index >= 15 is 0 Å². The van der Waals surface area contributed by atoms with Gasteiger partial charge in [-0.1, -0.05) is 5.10 Å². The molecule has 0 saturated heterocycles. The Labute approximate surface area is 169 Å². The minimum absolute atomic E-state index is 0.268. The number of fused-ring (bicyclic) bond motifs is 1. The van der Waals surface area contributed by atoms with Crippen LogP contribution in [0.15, 0.2) is 52.5 Å². The predicted molar refractivity (Wildman–Crippen MR) is 108 cm³/mol. The number of benzene rings is 1. The zero-order chi connectivity index (χ0) is 19.5. The molecule has 1 aliphatic heterocycles. The SMILES string of the molecule is c1cc(CNc2csnc2-c2nnc(Nc3ccc4c(c3)OCCO4)o2)ccn1. The molecule has 2 N–H and O–H groups in total. The van der Waals surface area contributed by atoms with Crippen molar-refractivity contribution in [2.75, 3.05) is 23.8 Å². The third-order valence-corrected chi connectivity index (χ3v) is 4.85. The van der Waals surface area contributed by atoms with Gasteiger partial charge in [0.25, 0.3) is 5.89 Å². The van der Waals surface area contributed by atoms with Crippen LogP contribution in [0, 0.1) is 0 Å². The number of rotatable bonds is 6. The highest BCUT2D eigenvalue weighted by Gasteiger charge is 2.17. The number of ether oxygens (including phenoxy) is 2. The molecule has 5 rings (SSSR count). The highest BCUT2D eigenvalue weighted by Crippen LogP contribution is 2.34. The summed E-state index contributed by atoms with van der Waals surface area (Å²) < 4.78 is 21.3. The lowest BCUT2D eigenvalue weighted by Gasteiger charge is -2.18. The van der Waals surface area contributed by atoms with Crippen LogP contribution in [0.25, 0.3) is 11.6 Å². The molecule has 0 radical (unpaired) electrons. The van der Waals surface area contributed by atoms with E-state index in [9.17, 15) is 0 Å². The van der Waals surface area contributed by atoms with Crippen molar-refractivity contribution < 1.29 is 13.9 Å². The maximum Gasteiger partial charge on any atom is 0.320 e. The van der Waals surface area contributed by atoms with Crippen LogP contribution >= 0.6 is 11.5 Å². The first kappa shape index (κ1) is 17.4. The summed E-state index contributed by atoms with van der Waals surface area (Å²) in [7, 11) is 0. The quantitative estimate of drug-likeness (QED) is 0.493. The molecular formula is C19H16N6O3S. The van der Waals surface area contributed by atoms with Crippen LogP contribution in [0.1, 0.15) is 5.56 Å². The van der Waals surface area contributed by atoms with Crippen molar-refractivity contribution in [3.63, 3.8) is 0 Å². The maximum atomic E-state index is 5.76. The molecule has 0 saturated carbocycles. The number of hydrogen-bond acceptors (Lipinski definition) is 10. The molecule has 4 aromatic rings. The summed E-state index contributed by atoms with van der Waals surface area (Å²) in [5, 5.41) is 16.5. The Morgan fingerprint density at radius 1 is 1.00 bits per heavy atom. The van der Waals surface area contributed by atoms with E-state index in [-0.39, 0.29) is 6.01 Å². The Kier molecular flexibility index (Phi) is 4.67. The van der Waals surface area contributed by atoms with E-state index in [1.807, 2.05) is 35.7 Å². The van der Waals surface area contributed by atoms with Crippen LogP contribution in [-0.2, 0) is 6.54 Å². The molecule has 0 bridgehead atoms. The van der Waals surface area contributed by atoms with Crippen molar-refractivity contribution in [3.05, 3.63) is 53.7 Å². The van der Waals surface area contributed by atoms with Crippen molar-refractivity contribution in [1.82, 2.24) is 19.6 Å². The van der Waals surface area contributed by atoms with Gasteiger partial charge in [0, 0.05) is 36.1 Å². The molecule has 0 amide bonds. The topological polar surface area (TPSA) is 107 Å². The molecule has 4 heterocycles. The molecule has 0 fully saturated rings. The molecule has 3 aromatic heterocycles. The lowest BCUT2D eigenvalue weighted by Crippen LogP contribution is -2.15. The summed E-state index contributed by atoms with van der Waals surface area (Å²) in [6.45, 7) is 1.72. The lowest BCUT2D eigenvalue weighted by molar-refractivity contribution is 0.171. The van der Waals surface area contributed by atoms with Crippen LogP contribution in [0.4, 0.5) is 17.4 Å². The van der Waals surface area contributed by atoms with E-state index in [2.05, 4.69) is 30.2 Å². The molecule has 0 aliphatic carbocycles. The van der Waals surface area contributed by atoms with Gasteiger partial charge in [-0.15, -0.1) is 5.10 Å². The summed E-state index contributed by atoms with van der Waals surface area (Å²) in [6, 6.07) is 9.72. The Morgan fingerprint density at radius 3 is 2.76 bits per heavy atom. The molecule has 0 spiro atoms. The van der Waals surface area contributed by atoms with Gasteiger partial charge in [-0.2, -0.15) is 4.37 Å². The Balaban J connectivity index is 1.30. The minimum atomic E-state index is 0.268. The van der Waals surface area contributed by atoms with Gasteiger partial charge < -0.3 is 24.5 Å². The molecule has 0 unspecified atom stereocenters. The van der Waals surface area contributed by atoms with Gasteiger partial charge in [-0.3, -0.25) is 4.98 Å². The third kappa shape index (κ3) is 3.83. The smallest absolute Gasteiger partial charge is 0.320 e. The predicted octanol–water partition coefficient (Wildman–Crippen LogP) is 3.72. The second kappa shape index (κ2) is 7.76. The maximum absolute atomic E-state index is 5.76. The van der Waals surface area contributed by atoms with Crippen molar-refractivity contribution in [1.29, 1.82) is 0 Å². The first-order valence-corrected chi connectivity index (χ1v) is 9.76. The van der Waals surface area contributed by atoms with Crippen LogP contribution < -0.4 is 20.1 Å². The molecule has 1 aliphatic rings. The van der Waals surface area contributed by atoms with Gasteiger partial charge in [0.15, 0.2) is 17.2 Å². The van der Waals surface area contributed by atoms with Crippen molar-refractivity contribution in [3.8, 4) is 23.1 Å². The fourth-order valence-corrected chi connectivity index (χ4v) is 3.46. The molecule has 9 nitrogen and oxygen atoms in total. The monoisotopic (exact) mass is 408 g/mol. The van der Waals surface area contributed by atoms with Crippen molar-refractivity contribution in [2.24, 2.45) is 0 Å². The molecule has 146 valence electrons. The molecule has 1 aromatic carbocycles. The average molecular weight is 408 g/mol. The van der Waals surface area contributed by atoms with Crippen LogP contribution in [0.2, 0.25) is 0 Å². The zero-order valence-electron chi connectivity index (χ0n) is 15.2. The Hall–Kier alpha value is -3.66. The first-order chi connectivity index (χ1) is 14.3. The lowest BCUT2D eigenvalue weighted by atomic mass is 10.2. The van der Waals surface area contributed by atoms with Gasteiger partial charge in [0.05, 0.1) is 5.69 Å². The molecule has 10 heteroatoms. The summed E-state index contributed by atoms with van der Waals surface area (Å²) in [5.74, 6) is 1.74. The number of anilines is 3. The van der Waals surface area contributed by atoms with Crippen molar-refractivity contribution >= 4 is 28.9 Å². The molecule has 0 atom stereocenters. The number of pyridine rings is 1. The largest absolute Gasteiger partial charge is 0.486 e. The Bertz CT molecular complexity index is 1110. The number of nitrogens with one attached hydrogen (secondary N) is 2. The summed E-state index contributed by atoms with van der Waals surface area (Å²) in [6.07, 6.45) is 3.52. The number of hydrogen-bond donors (Lipinski definition) is 2. The van der Waals surface area contributed by atoms with Crippen LogP contribution in [0.5, 0.6) is 11.5 Å². The van der Waals surface area contributed by atoms with E-state index in [0.717, 1.165) is 22.7 Å². The zero-order valence-corrected chi connectivity index (χ0v) is 16.0. The highest BCUT2D eigenvalue weighted by molar-refractivity contribution is 7.04. The highest BCUT2D eigenvalue weighted by atomic mass is 32.1. The van der Waals surface area contributed by atoms with Gasteiger partial charge in [-0.25, -0.2) is 0 Å². The third-order valence-electron chi connectivity index (χ3n) is 4.22. The van der Waals surface area contributed by atoms with Gasteiger partial charge in [0.1, 0.15) is 13.2 Å². The normalized spacial score (nSPS) is 12.6. The standard InChI is InChI=1S/C19H16N6O3S/c1-2-15-16(27-8-7-26-15)9-13(1)22-19-24-23-18(28-19)17-14(11-29-25-17)21-10-12-3-5-20-6-4-12/h1-6,9,11,21H,7-8,10H2,(H,22,24). The van der Waals surface area contributed by atoms with Gasteiger partial charge in [0.2, 0.25) is 0 Å².